The Hall–Kier alpha value is -1.53. The van der Waals surface area contributed by atoms with Crippen molar-refractivity contribution < 1.29 is 4.74 Å². The van der Waals surface area contributed by atoms with E-state index in [9.17, 15) is 0 Å². The molecular formula is C11H8BrN3OS. The molecule has 86 valence electrons. The van der Waals surface area contributed by atoms with Gasteiger partial charge in [0.1, 0.15) is 16.5 Å². The summed E-state index contributed by atoms with van der Waals surface area (Å²) in [5.74, 6) is 1.23. The Bertz CT molecular complexity index is 545. The molecule has 0 aromatic carbocycles. The summed E-state index contributed by atoms with van der Waals surface area (Å²) in [4.78, 5) is 8.33. The van der Waals surface area contributed by atoms with Crippen LogP contribution >= 0.6 is 28.1 Å². The quantitative estimate of drug-likeness (QED) is 0.883. The highest BCUT2D eigenvalue weighted by molar-refractivity contribution is 9.10. The summed E-state index contributed by atoms with van der Waals surface area (Å²) in [7, 11) is 0. The van der Waals surface area contributed by atoms with Crippen LogP contribution in [0.2, 0.25) is 0 Å². The van der Waals surface area contributed by atoms with Crippen molar-refractivity contribution in [1.29, 1.82) is 0 Å². The average Bonchev–Trinajstić information content (AvgIpc) is 2.29. The Balaban J connectivity index is 2.16. The number of thiocarbonyl (C=S) groups is 1. The number of rotatable bonds is 3. The molecule has 0 amide bonds. The van der Waals surface area contributed by atoms with Crippen LogP contribution in [0.1, 0.15) is 5.69 Å². The summed E-state index contributed by atoms with van der Waals surface area (Å²) < 4.78 is 6.40. The van der Waals surface area contributed by atoms with Gasteiger partial charge in [0.2, 0.25) is 0 Å². The smallest absolute Gasteiger partial charge is 0.146 e. The van der Waals surface area contributed by atoms with Gasteiger partial charge in [0.25, 0.3) is 0 Å². The SMILES string of the molecule is NC(=S)c1ccc(Oc2cncc(Br)c2)cn1. The fourth-order valence-corrected chi connectivity index (χ4v) is 1.64. The first kappa shape index (κ1) is 11.9. The van der Waals surface area contributed by atoms with Crippen molar-refractivity contribution in [1.82, 2.24) is 9.97 Å². The standard InChI is InChI=1S/C11H8BrN3OS/c12-7-3-9(5-14-4-7)16-8-1-2-10(11(13)17)15-6-8/h1-6H,(H2,13,17). The molecule has 0 aliphatic rings. The summed E-state index contributed by atoms with van der Waals surface area (Å²) in [6.45, 7) is 0. The van der Waals surface area contributed by atoms with Gasteiger partial charge in [0.15, 0.2) is 0 Å². The molecule has 4 nitrogen and oxygen atoms in total. The highest BCUT2D eigenvalue weighted by atomic mass is 79.9. The maximum absolute atomic E-state index is 5.55. The number of nitrogens with zero attached hydrogens (tertiary/aromatic N) is 2. The van der Waals surface area contributed by atoms with Gasteiger partial charge in [-0.25, -0.2) is 4.98 Å². The zero-order valence-corrected chi connectivity index (χ0v) is 11.0. The second-order valence-electron chi connectivity index (χ2n) is 3.18. The van der Waals surface area contributed by atoms with E-state index in [4.69, 9.17) is 22.7 Å². The molecule has 0 aliphatic carbocycles. The van der Waals surface area contributed by atoms with E-state index in [0.717, 1.165) is 4.47 Å². The lowest BCUT2D eigenvalue weighted by Gasteiger charge is -2.05. The lowest BCUT2D eigenvalue weighted by molar-refractivity contribution is 0.477. The molecule has 2 N–H and O–H groups in total. The molecule has 6 heteroatoms. The van der Waals surface area contributed by atoms with Crippen molar-refractivity contribution in [2.75, 3.05) is 0 Å². The number of hydrogen-bond donors (Lipinski definition) is 1. The fourth-order valence-electron chi connectivity index (χ4n) is 1.17. The van der Waals surface area contributed by atoms with Crippen molar-refractivity contribution in [3.05, 3.63) is 47.0 Å². The summed E-state index contributed by atoms with van der Waals surface area (Å²) in [5, 5.41) is 0. The van der Waals surface area contributed by atoms with Gasteiger partial charge in [0.05, 0.1) is 18.1 Å². The lowest BCUT2D eigenvalue weighted by Crippen LogP contribution is -2.10. The molecular weight excluding hydrogens is 302 g/mol. The van der Waals surface area contributed by atoms with Gasteiger partial charge in [-0.15, -0.1) is 0 Å². The third kappa shape index (κ3) is 3.21. The Morgan fingerprint density at radius 3 is 2.65 bits per heavy atom. The first-order valence-corrected chi connectivity index (χ1v) is 5.89. The second kappa shape index (κ2) is 5.20. The predicted molar refractivity (Wildman–Crippen MR) is 72.1 cm³/mol. The van der Waals surface area contributed by atoms with Crippen LogP contribution < -0.4 is 10.5 Å². The van der Waals surface area contributed by atoms with E-state index < -0.39 is 0 Å². The summed E-state index contributed by atoms with van der Waals surface area (Å²) in [6, 6.07) is 5.28. The first-order chi connectivity index (χ1) is 8.15. The van der Waals surface area contributed by atoms with E-state index in [1.54, 1.807) is 30.7 Å². The van der Waals surface area contributed by atoms with Crippen molar-refractivity contribution in [2.24, 2.45) is 5.73 Å². The Labute approximate surface area is 112 Å². The van der Waals surface area contributed by atoms with Gasteiger partial charge < -0.3 is 10.5 Å². The van der Waals surface area contributed by atoms with E-state index in [2.05, 4.69) is 25.9 Å². The minimum Gasteiger partial charge on any atom is -0.454 e. The van der Waals surface area contributed by atoms with Crippen molar-refractivity contribution in [3.63, 3.8) is 0 Å². The van der Waals surface area contributed by atoms with Gasteiger partial charge in [-0.05, 0) is 34.1 Å². The lowest BCUT2D eigenvalue weighted by atomic mass is 10.3. The van der Waals surface area contributed by atoms with Crippen LogP contribution in [0.15, 0.2) is 41.3 Å². The zero-order chi connectivity index (χ0) is 12.3. The van der Waals surface area contributed by atoms with Crippen LogP contribution in [0, 0.1) is 0 Å². The van der Waals surface area contributed by atoms with Crippen molar-refractivity contribution in [2.45, 2.75) is 0 Å². The Morgan fingerprint density at radius 1 is 1.24 bits per heavy atom. The maximum Gasteiger partial charge on any atom is 0.146 e. The molecule has 0 bridgehead atoms. The molecule has 0 aliphatic heterocycles. The minimum atomic E-state index is 0.265. The molecule has 2 rings (SSSR count). The number of hydrogen-bond acceptors (Lipinski definition) is 4. The number of ether oxygens (including phenoxy) is 1. The van der Waals surface area contributed by atoms with Crippen LogP contribution in [0.3, 0.4) is 0 Å². The number of aromatic nitrogens is 2. The minimum absolute atomic E-state index is 0.265. The highest BCUT2D eigenvalue weighted by Crippen LogP contribution is 2.22. The first-order valence-electron chi connectivity index (χ1n) is 4.69. The van der Waals surface area contributed by atoms with Crippen LogP contribution in [0.25, 0.3) is 0 Å². The highest BCUT2D eigenvalue weighted by Gasteiger charge is 2.01. The van der Waals surface area contributed by atoms with Gasteiger partial charge >= 0.3 is 0 Å². The van der Waals surface area contributed by atoms with Crippen molar-refractivity contribution >= 4 is 33.1 Å². The monoisotopic (exact) mass is 309 g/mol. The Morgan fingerprint density at radius 2 is 2.06 bits per heavy atom. The van der Waals surface area contributed by atoms with E-state index in [1.165, 1.54) is 0 Å². The fraction of sp³-hybridized carbons (Fsp3) is 0. The Kier molecular flexibility index (Phi) is 3.65. The molecule has 2 heterocycles. The maximum atomic E-state index is 5.55. The normalized spacial score (nSPS) is 9.94. The van der Waals surface area contributed by atoms with Gasteiger partial charge in [-0.3, -0.25) is 4.98 Å². The summed E-state index contributed by atoms with van der Waals surface area (Å²) >= 11 is 8.12. The number of halogens is 1. The van der Waals surface area contributed by atoms with Gasteiger partial charge in [-0.2, -0.15) is 0 Å². The van der Waals surface area contributed by atoms with E-state index >= 15 is 0 Å². The molecule has 0 radical (unpaired) electrons. The van der Waals surface area contributed by atoms with E-state index in [0.29, 0.717) is 17.2 Å². The average molecular weight is 310 g/mol. The van der Waals surface area contributed by atoms with E-state index in [1.807, 2.05) is 6.07 Å². The largest absolute Gasteiger partial charge is 0.454 e. The number of nitrogens with two attached hydrogens (primary N) is 1. The third-order valence-electron chi connectivity index (χ3n) is 1.90. The molecule has 0 saturated heterocycles. The van der Waals surface area contributed by atoms with E-state index in [-0.39, 0.29) is 4.99 Å². The molecule has 0 saturated carbocycles. The number of pyridine rings is 2. The van der Waals surface area contributed by atoms with Crippen molar-refractivity contribution in [3.8, 4) is 11.5 Å². The topological polar surface area (TPSA) is 61.0 Å². The molecule has 0 fully saturated rings. The summed E-state index contributed by atoms with van der Waals surface area (Å²) in [5.41, 5.74) is 6.02. The molecule has 2 aromatic rings. The van der Waals surface area contributed by atoms with Gasteiger partial charge in [0, 0.05) is 10.7 Å². The van der Waals surface area contributed by atoms with Crippen LogP contribution in [-0.2, 0) is 0 Å². The molecule has 17 heavy (non-hydrogen) atoms. The summed E-state index contributed by atoms with van der Waals surface area (Å²) in [6.07, 6.45) is 4.86. The van der Waals surface area contributed by atoms with Crippen LogP contribution in [-0.4, -0.2) is 15.0 Å². The predicted octanol–water partition coefficient (Wildman–Crippen LogP) is 2.67. The van der Waals surface area contributed by atoms with Crippen LogP contribution in [0.4, 0.5) is 0 Å². The molecule has 2 aromatic heterocycles. The third-order valence-corrected chi connectivity index (χ3v) is 2.55. The second-order valence-corrected chi connectivity index (χ2v) is 4.54. The molecule has 0 spiro atoms. The van der Waals surface area contributed by atoms with Crippen LogP contribution in [0.5, 0.6) is 11.5 Å². The molecule has 0 unspecified atom stereocenters. The molecule has 0 atom stereocenters. The van der Waals surface area contributed by atoms with Gasteiger partial charge in [-0.1, -0.05) is 12.2 Å². The zero-order valence-electron chi connectivity index (χ0n) is 8.63.